The van der Waals surface area contributed by atoms with Gasteiger partial charge in [-0.05, 0) is 18.2 Å². The zero-order valence-electron chi connectivity index (χ0n) is 7.71. The number of rotatable bonds is 1. The summed E-state index contributed by atoms with van der Waals surface area (Å²) in [5.41, 5.74) is 0. The van der Waals surface area contributed by atoms with E-state index >= 15 is 0 Å². The number of ether oxygens (including phenoxy) is 1. The zero-order valence-corrected chi connectivity index (χ0v) is 10.0. The highest BCUT2D eigenvalue weighted by Gasteiger charge is 2.12. The molecule has 0 saturated heterocycles. The number of carbonyl (C=O) groups excluding carboxylic acids is 1. The van der Waals surface area contributed by atoms with Crippen molar-refractivity contribution in [1.82, 2.24) is 0 Å². The highest BCUT2D eigenvalue weighted by molar-refractivity contribution is 7.20. The molecular weight excluding hydrogens is 255 g/mol. The van der Waals surface area contributed by atoms with Crippen LogP contribution in [0.4, 0.5) is 0 Å². The SMILES string of the molecule is COC(=O)c1cc2c(Cl)cc(Cl)cc2s1. The number of hydrogen-bond acceptors (Lipinski definition) is 3. The Morgan fingerprint density at radius 3 is 2.73 bits per heavy atom. The van der Waals surface area contributed by atoms with Gasteiger partial charge in [0, 0.05) is 15.1 Å². The molecule has 0 radical (unpaired) electrons. The molecule has 2 rings (SSSR count). The first-order valence-corrected chi connectivity index (χ1v) is 5.66. The summed E-state index contributed by atoms with van der Waals surface area (Å²) in [7, 11) is 1.35. The van der Waals surface area contributed by atoms with E-state index < -0.39 is 0 Å². The van der Waals surface area contributed by atoms with Gasteiger partial charge in [0.1, 0.15) is 4.88 Å². The summed E-state index contributed by atoms with van der Waals surface area (Å²) in [6.07, 6.45) is 0. The normalized spacial score (nSPS) is 10.6. The lowest BCUT2D eigenvalue weighted by atomic mass is 10.2. The summed E-state index contributed by atoms with van der Waals surface area (Å²) in [6.45, 7) is 0. The van der Waals surface area contributed by atoms with Crippen LogP contribution < -0.4 is 0 Å². The quantitative estimate of drug-likeness (QED) is 0.725. The molecule has 1 aromatic heterocycles. The van der Waals surface area contributed by atoms with Gasteiger partial charge in [-0.15, -0.1) is 11.3 Å². The van der Waals surface area contributed by atoms with E-state index in [0.717, 1.165) is 10.1 Å². The summed E-state index contributed by atoms with van der Waals surface area (Å²) in [5, 5.41) is 1.93. The summed E-state index contributed by atoms with van der Waals surface area (Å²) >= 11 is 13.2. The number of methoxy groups -OCH3 is 1. The van der Waals surface area contributed by atoms with Crippen molar-refractivity contribution >= 4 is 50.6 Å². The molecular formula is C10H6Cl2O2S. The molecule has 0 amide bonds. The Morgan fingerprint density at radius 1 is 1.33 bits per heavy atom. The van der Waals surface area contributed by atoms with Gasteiger partial charge in [-0.25, -0.2) is 4.79 Å². The smallest absolute Gasteiger partial charge is 0.348 e. The average Bonchev–Trinajstić information content (AvgIpc) is 2.60. The summed E-state index contributed by atoms with van der Waals surface area (Å²) in [5.74, 6) is -0.358. The van der Waals surface area contributed by atoms with E-state index in [1.807, 2.05) is 0 Å². The Hall–Kier alpha value is -0.770. The van der Waals surface area contributed by atoms with Crippen molar-refractivity contribution in [2.75, 3.05) is 7.11 Å². The van der Waals surface area contributed by atoms with Crippen LogP contribution in [0.15, 0.2) is 18.2 Å². The molecule has 0 aliphatic rings. The number of fused-ring (bicyclic) bond motifs is 1. The Kier molecular flexibility index (Phi) is 2.87. The molecule has 0 N–H and O–H groups in total. The van der Waals surface area contributed by atoms with Crippen molar-refractivity contribution < 1.29 is 9.53 Å². The maximum absolute atomic E-state index is 11.3. The molecule has 5 heteroatoms. The van der Waals surface area contributed by atoms with Crippen LogP contribution in [0.1, 0.15) is 9.67 Å². The number of carbonyl (C=O) groups is 1. The first-order chi connectivity index (χ1) is 7.11. The zero-order chi connectivity index (χ0) is 11.0. The van der Waals surface area contributed by atoms with Gasteiger partial charge in [0.25, 0.3) is 0 Å². The van der Waals surface area contributed by atoms with Crippen LogP contribution in [0.2, 0.25) is 10.0 Å². The molecule has 2 nitrogen and oxygen atoms in total. The fourth-order valence-corrected chi connectivity index (χ4v) is 2.98. The highest BCUT2D eigenvalue weighted by atomic mass is 35.5. The van der Waals surface area contributed by atoms with Gasteiger partial charge in [-0.2, -0.15) is 0 Å². The molecule has 78 valence electrons. The molecule has 1 heterocycles. The van der Waals surface area contributed by atoms with E-state index in [2.05, 4.69) is 4.74 Å². The largest absolute Gasteiger partial charge is 0.465 e. The molecule has 15 heavy (non-hydrogen) atoms. The maximum atomic E-state index is 11.3. The summed E-state index contributed by atoms with van der Waals surface area (Å²) in [6, 6.07) is 5.14. The second-order valence-electron chi connectivity index (χ2n) is 2.90. The Labute approximate surface area is 100 Å². The van der Waals surface area contributed by atoms with Crippen LogP contribution in [-0.4, -0.2) is 13.1 Å². The van der Waals surface area contributed by atoms with Crippen molar-refractivity contribution in [2.24, 2.45) is 0 Å². The average molecular weight is 261 g/mol. The third-order valence-electron chi connectivity index (χ3n) is 1.94. The first kappa shape index (κ1) is 10.7. The standard InChI is InChI=1S/C10H6Cl2O2S/c1-14-10(13)9-4-6-7(12)2-5(11)3-8(6)15-9/h2-4H,1H3. The predicted molar refractivity (Wildman–Crippen MR) is 63.2 cm³/mol. The van der Waals surface area contributed by atoms with Crippen molar-refractivity contribution in [3.8, 4) is 0 Å². The van der Waals surface area contributed by atoms with E-state index in [1.165, 1.54) is 18.4 Å². The lowest BCUT2D eigenvalue weighted by Gasteiger charge is -1.93. The molecule has 0 fully saturated rings. The van der Waals surface area contributed by atoms with E-state index in [-0.39, 0.29) is 5.97 Å². The van der Waals surface area contributed by atoms with E-state index in [4.69, 9.17) is 23.2 Å². The number of esters is 1. The van der Waals surface area contributed by atoms with Gasteiger partial charge in [0.2, 0.25) is 0 Å². The third-order valence-corrected chi connectivity index (χ3v) is 3.53. The molecule has 0 bridgehead atoms. The van der Waals surface area contributed by atoms with Crippen LogP contribution in [-0.2, 0) is 4.74 Å². The van der Waals surface area contributed by atoms with E-state index in [0.29, 0.717) is 14.9 Å². The minimum absolute atomic E-state index is 0.358. The van der Waals surface area contributed by atoms with Crippen LogP contribution in [0, 0.1) is 0 Å². The second kappa shape index (κ2) is 4.00. The van der Waals surface area contributed by atoms with Crippen molar-refractivity contribution in [3.05, 3.63) is 33.1 Å². The van der Waals surface area contributed by atoms with Crippen molar-refractivity contribution in [2.45, 2.75) is 0 Å². The molecule has 2 aromatic rings. The minimum atomic E-state index is -0.358. The topological polar surface area (TPSA) is 26.3 Å². The summed E-state index contributed by atoms with van der Waals surface area (Å²) in [4.78, 5) is 11.8. The van der Waals surface area contributed by atoms with Gasteiger partial charge in [0.05, 0.1) is 12.1 Å². The molecule has 0 aliphatic heterocycles. The molecule has 0 atom stereocenters. The number of benzene rings is 1. The number of thiophene rings is 1. The molecule has 0 unspecified atom stereocenters. The first-order valence-electron chi connectivity index (χ1n) is 4.08. The minimum Gasteiger partial charge on any atom is -0.465 e. The summed E-state index contributed by atoms with van der Waals surface area (Å²) < 4.78 is 5.51. The fraction of sp³-hybridized carbons (Fsp3) is 0.100. The van der Waals surface area contributed by atoms with E-state index in [9.17, 15) is 4.79 Å². The second-order valence-corrected chi connectivity index (χ2v) is 4.83. The lowest BCUT2D eigenvalue weighted by molar-refractivity contribution is 0.0606. The third kappa shape index (κ3) is 1.95. The van der Waals surface area contributed by atoms with Crippen LogP contribution >= 0.6 is 34.5 Å². The molecule has 1 aromatic carbocycles. The fourth-order valence-electron chi connectivity index (χ4n) is 1.27. The van der Waals surface area contributed by atoms with Crippen LogP contribution in [0.5, 0.6) is 0 Å². The number of halogens is 2. The monoisotopic (exact) mass is 260 g/mol. The van der Waals surface area contributed by atoms with Crippen molar-refractivity contribution in [3.63, 3.8) is 0 Å². The van der Waals surface area contributed by atoms with Gasteiger partial charge >= 0.3 is 5.97 Å². The van der Waals surface area contributed by atoms with Gasteiger partial charge < -0.3 is 4.74 Å². The maximum Gasteiger partial charge on any atom is 0.348 e. The molecule has 0 spiro atoms. The molecule has 0 saturated carbocycles. The van der Waals surface area contributed by atoms with E-state index in [1.54, 1.807) is 18.2 Å². The van der Waals surface area contributed by atoms with Gasteiger partial charge in [-0.1, -0.05) is 23.2 Å². The van der Waals surface area contributed by atoms with Crippen LogP contribution in [0.25, 0.3) is 10.1 Å². The Morgan fingerprint density at radius 2 is 2.07 bits per heavy atom. The lowest BCUT2D eigenvalue weighted by Crippen LogP contribution is -1.96. The number of hydrogen-bond donors (Lipinski definition) is 0. The highest BCUT2D eigenvalue weighted by Crippen LogP contribution is 2.34. The molecule has 0 aliphatic carbocycles. The Balaban J connectivity index is 2.65. The van der Waals surface area contributed by atoms with Gasteiger partial charge in [0.15, 0.2) is 0 Å². The van der Waals surface area contributed by atoms with Crippen molar-refractivity contribution in [1.29, 1.82) is 0 Å². The predicted octanol–water partition coefficient (Wildman–Crippen LogP) is 3.99. The Bertz CT molecular complexity index is 533. The van der Waals surface area contributed by atoms with Gasteiger partial charge in [-0.3, -0.25) is 0 Å². The van der Waals surface area contributed by atoms with Crippen LogP contribution in [0.3, 0.4) is 0 Å².